The van der Waals surface area contributed by atoms with Gasteiger partial charge in [-0.05, 0) is 36.4 Å². The zero-order valence-corrected chi connectivity index (χ0v) is 12.1. The van der Waals surface area contributed by atoms with Crippen molar-refractivity contribution in [2.75, 3.05) is 4.72 Å². The van der Waals surface area contributed by atoms with E-state index in [1.54, 1.807) is 0 Å². The van der Waals surface area contributed by atoms with Crippen molar-refractivity contribution in [3.63, 3.8) is 0 Å². The second-order valence-electron chi connectivity index (χ2n) is 4.13. The summed E-state index contributed by atoms with van der Waals surface area (Å²) in [6, 6.07) is 8.78. The molecule has 5 nitrogen and oxygen atoms in total. The summed E-state index contributed by atoms with van der Waals surface area (Å²) in [4.78, 5) is 10.5. The van der Waals surface area contributed by atoms with Gasteiger partial charge in [-0.1, -0.05) is 17.7 Å². The van der Waals surface area contributed by atoms with Gasteiger partial charge in [-0.25, -0.2) is 12.8 Å². The molecule has 0 radical (unpaired) electrons. The zero-order valence-electron chi connectivity index (χ0n) is 10.5. The van der Waals surface area contributed by atoms with Crippen molar-refractivity contribution in [1.29, 1.82) is 0 Å². The van der Waals surface area contributed by atoms with Crippen LogP contribution in [-0.4, -0.2) is 14.3 Å². The van der Waals surface area contributed by atoms with Gasteiger partial charge in [-0.3, -0.25) is 9.52 Å². The minimum absolute atomic E-state index is 0.0853. The van der Waals surface area contributed by atoms with Gasteiger partial charge in [0.2, 0.25) is 5.91 Å². The molecular formula is C13H10ClFN2O3S. The van der Waals surface area contributed by atoms with Crippen LogP contribution in [0, 0.1) is 5.82 Å². The maximum absolute atomic E-state index is 13.7. The lowest BCUT2D eigenvalue weighted by Crippen LogP contribution is -2.16. The Balaban J connectivity index is 2.37. The normalized spacial score (nSPS) is 11.1. The van der Waals surface area contributed by atoms with E-state index in [-0.39, 0.29) is 16.3 Å². The number of rotatable bonds is 4. The Morgan fingerprint density at radius 3 is 2.52 bits per heavy atom. The van der Waals surface area contributed by atoms with Crippen LogP contribution < -0.4 is 10.5 Å². The van der Waals surface area contributed by atoms with Crippen LogP contribution in [0.2, 0.25) is 5.02 Å². The summed E-state index contributed by atoms with van der Waals surface area (Å²) in [6.07, 6.45) is 0. The molecule has 21 heavy (non-hydrogen) atoms. The number of amides is 1. The van der Waals surface area contributed by atoms with E-state index in [9.17, 15) is 17.6 Å². The standard InChI is InChI=1S/C13H10ClFN2O3S/c14-9-4-5-12(11(15)7-9)21(19,20)17-10-3-1-2-8(6-10)13(16)18/h1-7,17H,(H2,16,18). The zero-order chi connectivity index (χ0) is 15.6. The lowest BCUT2D eigenvalue weighted by atomic mass is 10.2. The lowest BCUT2D eigenvalue weighted by molar-refractivity contribution is 0.100. The first-order valence-electron chi connectivity index (χ1n) is 5.67. The number of primary amides is 1. The number of sulfonamides is 1. The number of hydrogen-bond donors (Lipinski definition) is 2. The Morgan fingerprint density at radius 2 is 1.90 bits per heavy atom. The molecule has 8 heteroatoms. The molecule has 0 spiro atoms. The maximum Gasteiger partial charge on any atom is 0.264 e. The first-order chi connectivity index (χ1) is 9.79. The molecule has 0 aliphatic rings. The summed E-state index contributed by atoms with van der Waals surface area (Å²) < 4.78 is 40.1. The Morgan fingerprint density at radius 1 is 1.19 bits per heavy atom. The van der Waals surface area contributed by atoms with Crippen molar-refractivity contribution in [2.24, 2.45) is 5.73 Å². The summed E-state index contributed by atoms with van der Waals surface area (Å²) >= 11 is 5.58. The topological polar surface area (TPSA) is 89.3 Å². The van der Waals surface area contributed by atoms with E-state index in [0.717, 1.165) is 12.1 Å². The monoisotopic (exact) mass is 328 g/mol. The molecule has 2 aromatic rings. The highest BCUT2D eigenvalue weighted by atomic mass is 35.5. The molecule has 1 amide bonds. The van der Waals surface area contributed by atoms with E-state index in [1.165, 1.54) is 30.3 Å². The SMILES string of the molecule is NC(=O)c1cccc(NS(=O)(=O)c2ccc(Cl)cc2F)c1. The Bertz CT molecular complexity index is 809. The average molecular weight is 329 g/mol. The predicted octanol–water partition coefficient (Wildman–Crippen LogP) is 2.38. The fourth-order valence-electron chi connectivity index (χ4n) is 1.64. The minimum atomic E-state index is -4.14. The van der Waals surface area contributed by atoms with Crippen LogP contribution in [0.5, 0.6) is 0 Å². The van der Waals surface area contributed by atoms with Crippen LogP contribution in [-0.2, 0) is 10.0 Å². The number of halogens is 2. The van der Waals surface area contributed by atoms with Gasteiger partial charge in [0.05, 0.1) is 0 Å². The summed E-state index contributed by atoms with van der Waals surface area (Å²) in [7, 11) is -4.14. The van der Waals surface area contributed by atoms with Crippen molar-refractivity contribution in [2.45, 2.75) is 4.90 Å². The average Bonchev–Trinajstić information content (AvgIpc) is 2.37. The molecule has 3 N–H and O–H groups in total. The van der Waals surface area contributed by atoms with Gasteiger partial charge in [0.25, 0.3) is 10.0 Å². The molecule has 0 saturated carbocycles. The smallest absolute Gasteiger partial charge is 0.264 e. The van der Waals surface area contributed by atoms with Crippen LogP contribution >= 0.6 is 11.6 Å². The number of anilines is 1. The molecule has 0 aliphatic carbocycles. The largest absolute Gasteiger partial charge is 0.366 e. The lowest BCUT2D eigenvalue weighted by Gasteiger charge is -2.09. The van der Waals surface area contributed by atoms with Crippen LogP contribution in [0.3, 0.4) is 0 Å². The van der Waals surface area contributed by atoms with Gasteiger partial charge in [-0.2, -0.15) is 0 Å². The van der Waals surface area contributed by atoms with Crippen molar-refractivity contribution in [3.8, 4) is 0 Å². The van der Waals surface area contributed by atoms with Gasteiger partial charge in [0.15, 0.2) is 0 Å². The number of carbonyl (C=O) groups excluding carboxylic acids is 1. The van der Waals surface area contributed by atoms with Crippen LogP contribution in [0.1, 0.15) is 10.4 Å². The second-order valence-corrected chi connectivity index (χ2v) is 6.21. The molecule has 0 aliphatic heterocycles. The van der Waals surface area contributed by atoms with Gasteiger partial charge < -0.3 is 5.73 Å². The Kier molecular flexibility index (Phi) is 4.15. The van der Waals surface area contributed by atoms with Crippen molar-refractivity contribution < 1.29 is 17.6 Å². The number of carbonyl (C=O) groups is 1. The fraction of sp³-hybridized carbons (Fsp3) is 0. The van der Waals surface area contributed by atoms with Crippen molar-refractivity contribution in [1.82, 2.24) is 0 Å². The molecular weight excluding hydrogens is 319 g/mol. The van der Waals surface area contributed by atoms with E-state index in [1.807, 2.05) is 0 Å². The Hall–Kier alpha value is -2.12. The van der Waals surface area contributed by atoms with E-state index in [4.69, 9.17) is 17.3 Å². The van der Waals surface area contributed by atoms with Gasteiger partial charge >= 0.3 is 0 Å². The molecule has 0 atom stereocenters. The third-order valence-corrected chi connectivity index (χ3v) is 4.23. The van der Waals surface area contributed by atoms with Crippen LogP contribution in [0.15, 0.2) is 47.4 Å². The third kappa shape index (κ3) is 3.50. The highest BCUT2D eigenvalue weighted by Crippen LogP contribution is 2.22. The predicted molar refractivity (Wildman–Crippen MR) is 77.2 cm³/mol. The van der Waals surface area contributed by atoms with Gasteiger partial charge in [0.1, 0.15) is 10.7 Å². The second kappa shape index (κ2) is 5.71. The van der Waals surface area contributed by atoms with Crippen LogP contribution in [0.4, 0.5) is 10.1 Å². The quantitative estimate of drug-likeness (QED) is 0.903. The number of hydrogen-bond acceptors (Lipinski definition) is 3. The summed E-state index contributed by atoms with van der Waals surface area (Å²) in [5.41, 5.74) is 5.34. The molecule has 0 saturated heterocycles. The number of benzene rings is 2. The van der Waals surface area contributed by atoms with Gasteiger partial charge in [-0.15, -0.1) is 0 Å². The highest BCUT2D eigenvalue weighted by molar-refractivity contribution is 7.92. The Labute approximate surface area is 125 Å². The van der Waals surface area contributed by atoms with E-state index >= 15 is 0 Å². The summed E-state index contributed by atoms with van der Waals surface area (Å²) in [6.45, 7) is 0. The number of nitrogens with one attached hydrogen (secondary N) is 1. The van der Waals surface area contributed by atoms with E-state index < -0.39 is 26.6 Å². The molecule has 0 heterocycles. The van der Waals surface area contributed by atoms with Crippen molar-refractivity contribution in [3.05, 3.63) is 58.9 Å². The summed E-state index contributed by atoms with van der Waals surface area (Å²) in [5, 5.41) is 0.0853. The molecule has 2 aromatic carbocycles. The molecule has 0 bridgehead atoms. The first kappa shape index (κ1) is 15.3. The van der Waals surface area contributed by atoms with E-state index in [2.05, 4.69) is 4.72 Å². The molecule has 0 fully saturated rings. The third-order valence-electron chi connectivity index (χ3n) is 2.58. The number of nitrogens with two attached hydrogens (primary N) is 1. The molecule has 2 rings (SSSR count). The van der Waals surface area contributed by atoms with Crippen LogP contribution in [0.25, 0.3) is 0 Å². The van der Waals surface area contributed by atoms with Gasteiger partial charge in [0, 0.05) is 16.3 Å². The highest BCUT2D eigenvalue weighted by Gasteiger charge is 2.19. The molecule has 0 aromatic heterocycles. The van der Waals surface area contributed by atoms with E-state index in [0.29, 0.717) is 0 Å². The minimum Gasteiger partial charge on any atom is -0.366 e. The summed E-state index contributed by atoms with van der Waals surface area (Å²) in [5.74, 6) is -1.67. The molecule has 0 unspecified atom stereocenters. The maximum atomic E-state index is 13.7. The fourth-order valence-corrected chi connectivity index (χ4v) is 2.91. The first-order valence-corrected chi connectivity index (χ1v) is 7.53. The molecule has 110 valence electrons. The van der Waals surface area contributed by atoms with Crippen molar-refractivity contribution >= 4 is 33.2 Å².